The highest BCUT2D eigenvalue weighted by Crippen LogP contribution is 2.12. The van der Waals surface area contributed by atoms with E-state index >= 15 is 0 Å². The fraction of sp³-hybridized carbons (Fsp3) is 0.250. The average molecular weight is 268 g/mol. The third kappa shape index (κ3) is 3.82. The van der Waals surface area contributed by atoms with Gasteiger partial charge in [-0.25, -0.2) is 9.36 Å². The molecular weight excluding hydrogens is 248 g/mol. The Kier molecular flexibility index (Phi) is 4.71. The Bertz CT molecular complexity index is 557. The van der Waals surface area contributed by atoms with Gasteiger partial charge < -0.3 is 0 Å². The largest absolute Gasteiger partial charge is 0.241 e. The molecule has 0 fully saturated rings. The number of nitrogens with zero attached hydrogens (tertiary/aromatic N) is 4. The van der Waals surface area contributed by atoms with Crippen molar-refractivity contribution in [2.24, 2.45) is 5.92 Å². The van der Waals surface area contributed by atoms with E-state index in [-0.39, 0.29) is 0 Å². The maximum atomic E-state index is 4.20. The number of benzene rings is 1. The van der Waals surface area contributed by atoms with Crippen LogP contribution in [-0.4, -0.2) is 19.6 Å². The summed E-state index contributed by atoms with van der Waals surface area (Å²) in [6.07, 6.45) is 7.37. The Morgan fingerprint density at radius 1 is 0.800 bits per heavy atom. The molecule has 20 heavy (non-hydrogen) atoms. The summed E-state index contributed by atoms with van der Waals surface area (Å²) in [5, 5.41) is 8.39. The van der Waals surface area contributed by atoms with Gasteiger partial charge in [0.25, 0.3) is 0 Å². The van der Waals surface area contributed by atoms with Crippen LogP contribution in [0.3, 0.4) is 0 Å². The Morgan fingerprint density at radius 3 is 1.60 bits per heavy atom. The van der Waals surface area contributed by atoms with Gasteiger partial charge in [-0.15, -0.1) is 0 Å². The van der Waals surface area contributed by atoms with Crippen LogP contribution in [0.1, 0.15) is 20.8 Å². The van der Waals surface area contributed by atoms with E-state index in [1.807, 2.05) is 58.2 Å². The third-order valence-corrected chi connectivity index (χ3v) is 2.37. The van der Waals surface area contributed by atoms with Crippen molar-refractivity contribution in [3.8, 4) is 11.4 Å². The van der Waals surface area contributed by atoms with E-state index in [1.54, 1.807) is 12.4 Å². The summed E-state index contributed by atoms with van der Waals surface area (Å²) in [5.74, 6) is 0.833. The lowest BCUT2D eigenvalue weighted by Gasteiger charge is -2.05. The SMILES string of the molecule is CC(C)C.c1cc(-n2cccn2)cc(-n2cccn2)c1. The van der Waals surface area contributed by atoms with Crippen LogP contribution in [0.2, 0.25) is 0 Å². The molecule has 0 radical (unpaired) electrons. The minimum Gasteiger partial charge on any atom is -0.241 e. The van der Waals surface area contributed by atoms with E-state index in [1.165, 1.54) is 0 Å². The van der Waals surface area contributed by atoms with Crippen molar-refractivity contribution in [2.75, 3.05) is 0 Å². The number of aromatic nitrogens is 4. The minimum absolute atomic E-state index is 0.833. The molecule has 104 valence electrons. The van der Waals surface area contributed by atoms with Crippen molar-refractivity contribution in [2.45, 2.75) is 20.8 Å². The summed E-state index contributed by atoms with van der Waals surface area (Å²) >= 11 is 0. The smallest absolute Gasteiger partial charge is 0.0667 e. The highest BCUT2D eigenvalue weighted by atomic mass is 15.3. The van der Waals surface area contributed by atoms with Gasteiger partial charge in [-0.1, -0.05) is 26.8 Å². The standard InChI is InChI=1S/C12H10N4.C4H10/c1-4-11(15-8-2-6-13-15)10-12(5-1)16-9-3-7-14-16;1-4(2)3/h1-10H;4H,1-3H3. The van der Waals surface area contributed by atoms with Crippen molar-refractivity contribution in [3.05, 3.63) is 61.2 Å². The molecule has 3 aromatic rings. The molecule has 0 aliphatic carbocycles. The zero-order chi connectivity index (χ0) is 14.4. The van der Waals surface area contributed by atoms with Gasteiger partial charge in [0.2, 0.25) is 0 Å². The van der Waals surface area contributed by atoms with Crippen LogP contribution in [0.15, 0.2) is 61.2 Å². The van der Waals surface area contributed by atoms with E-state index in [2.05, 4.69) is 31.0 Å². The third-order valence-electron chi connectivity index (χ3n) is 2.37. The van der Waals surface area contributed by atoms with Crippen molar-refractivity contribution >= 4 is 0 Å². The van der Waals surface area contributed by atoms with E-state index in [4.69, 9.17) is 0 Å². The monoisotopic (exact) mass is 268 g/mol. The predicted molar refractivity (Wildman–Crippen MR) is 81.2 cm³/mol. The van der Waals surface area contributed by atoms with Gasteiger partial charge in [0.1, 0.15) is 0 Å². The summed E-state index contributed by atoms with van der Waals surface area (Å²) < 4.78 is 3.65. The van der Waals surface area contributed by atoms with Gasteiger partial charge in [-0.05, 0) is 36.2 Å². The van der Waals surface area contributed by atoms with Crippen LogP contribution in [0.25, 0.3) is 11.4 Å². The van der Waals surface area contributed by atoms with E-state index in [0.717, 1.165) is 17.3 Å². The van der Waals surface area contributed by atoms with Gasteiger partial charge in [0.05, 0.1) is 11.4 Å². The Labute approximate surface area is 119 Å². The molecule has 4 heteroatoms. The minimum atomic E-state index is 0.833. The number of hydrogen-bond acceptors (Lipinski definition) is 2. The molecule has 0 saturated carbocycles. The lowest BCUT2D eigenvalue weighted by Crippen LogP contribution is -1.98. The topological polar surface area (TPSA) is 35.6 Å². The molecule has 3 rings (SSSR count). The Morgan fingerprint density at radius 2 is 1.25 bits per heavy atom. The highest BCUT2D eigenvalue weighted by molar-refractivity contribution is 5.42. The predicted octanol–water partition coefficient (Wildman–Crippen LogP) is 3.72. The molecule has 0 unspecified atom stereocenters. The average Bonchev–Trinajstić information content (AvgIpc) is 3.12. The maximum Gasteiger partial charge on any atom is 0.0667 e. The first-order chi connectivity index (χ1) is 9.66. The van der Waals surface area contributed by atoms with Crippen LogP contribution in [0.5, 0.6) is 0 Å². The first-order valence-corrected chi connectivity index (χ1v) is 6.77. The lowest BCUT2D eigenvalue weighted by atomic mass is 10.3. The second kappa shape index (κ2) is 6.70. The van der Waals surface area contributed by atoms with Crippen LogP contribution in [0.4, 0.5) is 0 Å². The second-order valence-corrected chi connectivity index (χ2v) is 5.15. The van der Waals surface area contributed by atoms with Crippen LogP contribution >= 0.6 is 0 Å². The summed E-state index contributed by atoms with van der Waals surface area (Å²) in [7, 11) is 0. The molecule has 2 heterocycles. The van der Waals surface area contributed by atoms with Crippen LogP contribution < -0.4 is 0 Å². The van der Waals surface area contributed by atoms with Gasteiger partial charge in [0, 0.05) is 24.8 Å². The van der Waals surface area contributed by atoms with E-state index < -0.39 is 0 Å². The Hall–Kier alpha value is -2.36. The normalized spacial score (nSPS) is 10.2. The second-order valence-electron chi connectivity index (χ2n) is 5.15. The van der Waals surface area contributed by atoms with Crippen molar-refractivity contribution < 1.29 is 0 Å². The molecule has 2 aromatic heterocycles. The van der Waals surface area contributed by atoms with Crippen LogP contribution in [0, 0.1) is 5.92 Å². The summed E-state index contributed by atoms with van der Waals surface area (Å²) in [6, 6.07) is 11.9. The molecular formula is C16H20N4. The zero-order valence-corrected chi connectivity index (χ0v) is 12.1. The molecule has 1 aromatic carbocycles. The molecule has 4 nitrogen and oxygen atoms in total. The molecule has 0 atom stereocenters. The van der Waals surface area contributed by atoms with Gasteiger partial charge >= 0.3 is 0 Å². The Balaban J connectivity index is 0.000000328. The molecule has 0 aliphatic rings. The molecule has 0 aliphatic heterocycles. The maximum absolute atomic E-state index is 4.20. The highest BCUT2D eigenvalue weighted by Gasteiger charge is 1.99. The van der Waals surface area contributed by atoms with Gasteiger partial charge in [-0.2, -0.15) is 10.2 Å². The van der Waals surface area contributed by atoms with E-state index in [9.17, 15) is 0 Å². The van der Waals surface area contributed by atoms with E-state index in [0.29, 0.717) is 0 Å². The fourth-order valence-corrected chi connectivity index (χ4v) is 1.62. The lowest BCUT2D eigenvalue weighted by molar-refractivity contribution is 0.737. The zero-order valence-electron chi connectivity index (χ0n) is 12.1. The number of rotatable bonds is 2. The molecule has 0 amide bonds. The first kappa shape index (κ1) is 14.1. The fourth-order valence-electron chi connectivity index (χ4n) is 1.62. The van der Waals surface area contributed by atoms with Crippen molar-refractivity contribution in [3.63, 3.8) is 0 Å². The first-order valence-electron chi connectivity index (χ1n) is 6.77. The van der Waals surface area contributed by atoms with Gasteiger partial charge in [0.15, 0.2) is 0 Å². The number of hydrogen-bond donors (Lipinski definition) is 0. The molecule has 0 spiro atoms. The summed E-state index contributed by atoms with van der Waals surface area (Å²) in [6.45, 7) is 6.50. The van der Waals surface area contributed by atoms with Crippen LogP contribution in [-0.2, 0) is 0 Å². The molecule has 0 saturated heterocycles. The van der Waals surface area contributed by atoms with Gasteiger partial charge in [-0.3, -0.25) is 0 Å². The summed E-state index contributed by atoms with van der Waals surface area (Å²) in [5.41, 5.74) is 2.05. The van der Waals surface area contributed by atoms with Crippen molar-refractivity contribution in [1.29, 1.82) is 0 Å². The summed E-state index contributed by atoms with van der Waals surface area (Å²) in [4.78, 5) is 0. The quantitative estimate of drug-likeness (QED) is 0.710. The molecule has 0 N–H and O–H groups in total. The molecule has 0 bridgehead atoms. The van der Waals surface area contributed by atoms with Crippen molar-refractivity contribution in [1.82, 2.24) is 19.6 Å².